The predicted molar refractivity (Wildman–Crippen MR) is 77.9 cm³/mol. The number of benzene rings is 2. The molecule has 0 aliphatic heterocycles. The summed E-state index contributed by atoms with van der Waals surface area (Å²) in [5, 5.41) is 0.859. The maximum absolute atomic E-state index is 12.3. The van der Waals surface area contributed by atoms with Gasteiger partial charge in [0, 0.05) is 10.6 Å². The summed E-state index contributed by atoms with van der Waals surface area (Å²) >= 11 is 17.9. The summed E-state index contributed by atoms with van der Waals surface area (Å²) in [5.74, 6) is 0.416. The fourth-order valence-electron chi connectivity index (χ4n) is 1.65. The van der Waals surface area contributed by atoms with Crippen LogP contribution in [0.5, 0.6) is 5.75 Å². The van der Waals surface area contributed by atoms with Gasteiger partial charge in [-0.25, -0.2) is 0 Å². The summed E-state index contributed by atoms with van der Waals surface area (Å²) in [6.07, 6.45) is 0. The van der Waals surface area contributed by atoms with E-state index in [-0.39, 0.29) is 21.4 Å². The number of rotatable bonds is 3. The van der Waals surface area contributed by atoms with E-state index in [9.17, 15) is 4.79 Å². The molecule has 0 aliphatic rings. The third-order valence-electron chi connectivity index (χ3n) is 2.59. The van der Waals surface area contributed by atoms with Gasteiger partial charge in [0.15, 0.2) is 5.78 Å². The van der Waals surface area contributed by atoms with Crippen molar-refractivity contribution in [1.29, 1.82) is 0 Å². The van der Waals surface area contributed by atoms with Crippen LogP contribution in [0.3, 0.4) is 0 Å². The van der Waals surface area contributed by atoms with Crippen molar-refractivity contribution < 1.29 is 9.53 Å². The molecule has 0 bridgehead atoms. The van der Waals surface area contributed by atoms with E-state index in [1.165, 1.54) is 12.1 Å². The fourth-order valence-corrected chi connectivity index (χ4v) is 2.63. The summed E-state index contributed by atoms with van der Waals surface area (Å²) in [6.45, 7) is 0. The Morgan fingerprint density at radius 2 is 1.53 bits per heavy atom. The van der Waals surface area contributed by atoms with Crippen LogP contribution >= 0.6 is 34.8 Å². The highest BCUT2D eigenvalue weighted by Crippen LogP contribution is 2.31. The summed E-state index contributed by atoms with van der Waals surface area (Å²) in [7, 11) is 1.56. The van der Waals surface area contributed by atoms with Gasteiger partial charge in [-0.1, -0.05) is 34.8 Å². The zero-order valence-corrected chi connectivity index (χ0v) is 12.2. The van der Waals surface area contributed by atoms with Gasteiger partial charge >= 0.3 is 0 Å². The van der Waals surface area contributed by atoms with Crippen molar-refractivity contribution in [2.45, 2.75) is 0 Å². The number of ether oxygens (including phenoxy) is 1. The van der Waals surface area contributed by atoms with E-state index >= 15 is 0 Å². The first-order valence-corrected chi connectivity index (χ1v) is 6.49. The Hall–Kier alpha value is -1.22. The van der Waals surface area contributed by atoms with Crippen LogP contribution in [0, 0.1) is 0 Å². The van der Waals surface area contributed by atoms with E-state index in [1.807, 2.05) is 0 Å². The van der Waals surface area contributed by atoms with Crippen LogP contribution in [0.1, 0.15) is 15.9 Å². The second-order valence-electron chi connectivity index (χ2n) is 3.80. The normalized spacial score (nSPS) is 10.3. The van der Waals surface area contributed by atoms with Gasteiger partial charge in [-0.15, -0.1) is 0 Å². The van der Waals surface area contributed by atoms with E-state index < -0.39 is 0 Å². The second-order valence-corrected chi connectivity index (χ2v) is 5.05. The number of hydrogen-bond donors (Lipinski definition) is 0. The fraction of sp³-hybridized carbons (Fsp3) is 0.0714. The van der Waals surface area contributed by atoms with Crippen molar-refractivity contribution in [3.8, 4) is 5.75 Å². The molecule has 2 aromatic carbocycles. The van der Waals surface area contributed by atoms with Crippen LogP contribution in [0.2, 0.25) is 15.1 Å². The lowest BCUT2D eigenvalue weighted by atomic mass is 10.0. The van der Waals surface area contributed by atoms with E-state index in [2.05, 4.69) is 0 Å². The van der Waals surface area contributed by atoms with Crippen LogP contribution < -0.4 is 4.74 Å². The molecule has 0 amide bonds. The van der Waals surface area contributed by atoms with Gasteiger partial charge in [0.05, 0.1) is 22.7 Å². The largest absolute Gasteiger partial charge is 0.497 e. The maximum Gasteiger partial charge on any atom is 0.196 e. The van der Waals surface area contributed by atoms with Crippen LogP contribution in [-0.2, 0) is 0 Å². The summed E-state index contributed by atoms with van der Waals surface area (Å²) < 4.78 is 5.04. The lowest BCUT2D eigenvalue weighted by molar-refractivity contribution is 0.103. The minimum Gasteiger partial charge on any atom is -0.497 e. The molecule has 0 spiro atoms. The molecule has 0 atom stereocenters. The van der Waals surface area contributed by atoms with Gasteiger partial charge in [0.1, 0.15) is 5.75 Å². The lowest BCUT2D eigenvalue weighted by Gasteiger charge is -2.07. The van der Waals surface area contributed by atoms with E-state index in [4.69, 9.17) is 39.5 Å². The van der Waals surface area contributed by atoms with Crippen LogP contribution in [0.15, 0.2) is 36.4 Å². The van der Waals surface area contributed by atoms with Crippen molar-refractivity contribution in [1.82, 2.24) is 0 Å². The van der Waals surface area contributed by atoms with Crippen LogP contribution in [-0.4, -0.2) is 12.9 Å². The van der Waals surface area contributed by atoms with Gasteiger partial charge in [0.2, 0.25) is 0 Å². The molecule has 0 radical (unpaired) electrons. The molecule has 98 valence electrons. The summed E-state index contributed by atoms with van der Waals surface area (Å²) in [4.78, 5) is 12.3. The molecule has 0 fully saturated rings. The third kappa shape index (κ3) is 3.03. The first-order valence-electron chi connectivity index (χ1n) is 5.36. The van der Waals surface area contributed by atoms with Crippen molar-refractivity contribution in [3.05, 3.63) is 62.6 Å². The number of ketones is 1. The van der Waals surface area contributed by atoms with Crippen LogP contribution in [0.25, 0.3) is 0 Å². The van der Waals surface area contributed by atoms with Crippen molar-refractivity contribution in [2.24, 2.45) is 0 Å². The molecule has 0 N–H and O–H groups in total. The van der Waals surface area contributed by atoms with Gasteiger partial charge in [-0.3, -0.25) is 4.79 Å². The minimum absolute atomic E-state index is 0.235. The van der Waals surface area contributed by atoms with Crippen molar-refractivity contribution in [2.75, 3.05) is 7.11 Å². The zero-order chi connectivity index (χ0) is 14.0. The molecular weight excluding hydrogens is 307 g/mol. The number of carbonyl (C=O) groups excluding carboxylic acids is 1. The smallest absolute Gasteiger partial charge is 0.196 e. The highest BCUT2D eigenvalue weighted by molar-refractivity contribution is 6.43. The summed E-state index contributed by atoms with van der Waals surface area (Å²) in [5.41, 5.74) is 0.727. The molecule has 19 heavy (non-hydrogen) atoms. The second kappa shape index (κ2) is 5.83. The van der Waals surface area contributed by atoms with Gasteiger partial charge in [-0.05, 0) is 36.4 Å². The Morgan fingerprint density at radius 3 is 2.00 bits per heavy atom. The minimum atomic E-state index is -0.255. The van der Waals surface area contributed by atoms with E-state index in [0.29, 0.717) is 16.3 Å². The Kier molecular flexibility index (Phi) is 4.35. The average Bonchev–Trinajstić information content (AvgIpc) is 2.37. The maximum atomic E-state index is 12.3. The van der Waals surface area contributed by atoms with Crippen LogP contribution in [0.4, 0.5) is 0 Å². The third-order valence-corrected chi connectivity index (χ3v) is 3.40. The average molecular weight is 316 g/mol. The highest BCUT2D eigenvalue weighted by Gasteiger charge is 2.17. The molecule has 2 rings (SSSR count). The quantitative estimate of drug-likeness (QED) is 0.754. The molecule has 0 saturated carbocycles. The molecule has 2 aromatic rings. The Bertz CT molecular complexity index is 598. The molecule has 0 saturated heterocycles. The number of methoxy groups -OCH3 is 1. The number of hydrogen-bond acceptors (Lipinski definition) is 2. The molecule has 2 nitrogen and oxygen atoms in total. The molecule has 0 aliphatic carbocycles. The highest BCUT2D eigenvalue weighted by atomic mass is 35.5. The van der Waals surface area contributed by atoms with Crippen molar-refractivity contribution >= 4 is 40.6 Å². The Balaban J connectivity index is 2.44. The lowest BCUT2D eigenvalue weighted by Crippen LogP contribution is -2.03. The summed E-state index contributed by atoms with van der Waals surface area (Å²) in [6, 6.07) is 9.69. The molecular formula is C14H9Cl3O2. The standard InChI is InChI=1S/C14H9Cl3O2/c1-19-10-4-2-8(3-5-10)14(18)13-11(16)6-9(15)7-12(13)17/h2-7H,1H3. The molecule has 0 heterocycles. The molecule has 0 unspecified atom stereocenters. The first-order chi connectivity index (χ1) is 9.02. The van der Waals surface area contributed by atoms with Gasteiger partial charge in [0.25, 0.3) is 0 Å². The molecule has 5 heteroatoms. The van der Waals surface area contributed by atoms with E-state index in [1.54, 1.807) is 31.4 Å². The van der Waals surface area contributed by atoms with Crippen molar-refractivity contribution in [3.63, 3.8) is 0 Å². The van der Waals surface area contributed by atoms with Gasteiger partial charge in [-0.2, -0.15) is 0 Å². The topological polar surface area (TPSA) is 26.3 Å². The zero-order valence-electron chi connectivity index (χ0n) is 9.91. The SMILES string of the molecule is COc1ccc(C(=O)c2c(Cl)cc(Cl)cc2Cl)cc1. The Labute approximate surface area is 125 Å². The van der Waals surface area contributed by atoms with Gasteiger partial charge < -0.3 is 4.74 Å². The van der Waals surface area contributed by atoms with E-state index in [0.717, 1.165) is 0 Å². The monoisotopic (exact) mass is 314 g/mol. The number of halogens is 3. The first kappa shape index (κ1) is 14.2. The number of carbonyl (C=O) groups is 1. The molecule has 0 aromatic heterocycles. The Morgan fingerprint density at radius 1 is 1.00 bits per heavy atom. The predicted octanol–water partition coefficient (Wildman–Crippen LogP) is 4.89.